The monoisotopic (exact) mass is 378 g/mol. The number of nitrogens with zero attached hydrogens (tertiary/aromatic N) is 6. The maximum atomic E-state index is 12.6. The zero-order valence-electron chi connectivity index (χ0n) is 13.4. The highest BCUT2D eigenvalue weighted by Crippen LogP contribution is 2.27. The minimum absolute atomic E-state index is 0.00876. The summed E-state index contributed by atoms with van der Waals surface area (Å²) in [5.74, 6) is 0.906. The van der Waals surface area contributed by atoms with Gasteiger partial charge in [-0.2, -0.15) is 4.98 Å². The van der Waals surface area contributed by atoms with Crippen LogP contribution < -0.4 is 0 Å². The lowest BCUT2D eigenvalue weighted by Crippen LogP contribution is -2.40. The van der Waals surface area contributed by atoms with E-state index in [2.05, 4.69) is 20.5 Å². The van der Waals surface area contributed by atoms with Gasteiger partial charge in [0, 0.05) is 13.1 Å². The number of likely N-dealkylation sites (tertiary alicyclic amines) is 1. The summed E-state index contributed by atoms with van der Waals surface area (Å²) < 4.78 is 7.51. The summed E-state index contributed by atoms with van der Waals surface area (Å²) in [6.45, 7) is 3.06. The molecule has 0 radical (unpaired) electrons. The van der Waals surface area contributed by atoms with Crippen molar-refractivity contribution in [1.29, 1.82) is 0 Å². The molecule has 1 aliphatic heterocycles. The van der Waals surface area contributed by atoms with Gasteiger partial charge in [-0.25, -0.2) is 4.68 Å². The number of carbonyl (C=O) groups excluding carboxylic acids is 1. The Morgan fingerprint density at radius 1 is 1.44 bits per heavy atom. The van der Waals surface area contributed by atoms with Crippen molar-refractivity contribution >= 4 is 28.8 Å². The number of hydrogen-bond donors (Lipinski definition) is 0. The summed E-state index contributed by atoms with van der Waals surface area (Å²) in [6.07, 6.45) is 3.62. The van der Waals surface area contributed by atoms with Gasteiger partial charge in [0.25, 0.3) is 11.8 Å². The van der Waals surface area contributed by atoms with Gasteiger partial charge in [0.05, 0.1) is 21.5 Å². The third kappa shape index (κ3) is 3.29. The molecule has 3 aromatic heterocycles. The van der Waals surface area contributed by atoms with Gasteiger partial charge in [0.1, 0.15) is 0 Å². The van der Waals surface area contributed by atoms with Crippen molar-refractivity contribution in [1.82, 2.24) is 30.0 Å². The third-order valence-electron chi connectivity index (χ3n) is 4.10. The van der Waals surface area contributed by atoms with Gasteiger partial charge >= 0.3 is 0 Å². The van der Waals surface area contributed by atoms with Crippen LogP contribution in [0.5, 0.6) is 0 Å². The van der Waals surface area contributed by atoms with E-state index in [0.29, 0.717) is 33.2 Å². The molecule has 10 heteroatoms. The Bertz CT molecular complexity index is 903. The molecule has 1 fully saturated rings. The summed E-state index contributed by atoms with van der Waals surface area (Å²) >= 11 is 7.24. The maximum absolute atomic E-state index is 12.6. The van der Waals surface area contributed by atoms with Crippen LogP contribution in [0, 0.1) is 6.92 Å². The van der Waals surface area contributed by atoms with Gasteiger partial charge in [-0.1, -0.05) is 22.0 Å². The normalized spacial score (nSPS) is 17.8. The molecule has 1 saturated heterocycles. The number of halogens is 1. The molecule has 0 spiro atoms. The van der Waals surface area contributed by atoms with Crippen LogP contribution in [-0.2, 0) is 0 Å². The van der Waals surface area contributed by atoms with Crippen molar-refractivity contribution < 1.29 is 9.32 Å². The largest absolute Gasteiger partial charge is 0.336 e. The van der Waals surface area contributed by atoms with Crippen LogP contribution in [0.25, 0.3) is 11.6 Å². The minimum Gasteiger partial charge on any atom is -0.336 e. The fourth-order valence-corrected chi connectivity index (χ4v) is 3.91. The molecule has 1 aliphatic rings. The summed E-state index contributed by atoms with van der Waals surface area (Å²) in [4.78, 5) is 19.3. The van der Waals surface area contributed by atoms with Crippen molar-refractivity contribution in [2.24, 2.45) is 0 Å². The Labute approximate surface area is 152 Å². The van der Waals surface area contributed by atoms with E-state index >= 15 is 0 Å². The highest BCUT2D eigenvalue weighted by Gasteiger charge is 2.27. The van der Waals surface area contributed by atoms with Crippen LogP contribution in [0.1, 0.15) is 34.4 Å². The Hall–Kier alpha value is -2.26. The first-order chi connectivity index (χ1) is 12.1. The zero-order chi connectivity index (χ0) is 17.4. The van der Waals surface area contributed by atoms with Crippen molar-refractivity contribution in [3.63, 3.8) is 0 Å². The number of aromatic nitrogens is 5. The van der Waals surface area contributed by atoms with Crippen LogP contribution >= 0.6 is 22.9 Å². The lowest BCUT2D eigenvalue weighted by atomic mass is 10.1. The molecule has 1 atom stereocenters. The molecule has 1 unspecified atom stereocenters. The van der Waals surface area contributed by atoms with E-state index in [4.69, 9.17) is 16.1 Å². The van der Waals surface area contributed by atoms with Crippen LogP contribution in [0.2, 0.25) is 4.34 Å². The molecule has 0 N–H and O–H groups in total. The standard InChI is InChI=1S/C15H15ClN6O2S/c1-9-17-14(24-19-9)11-8-22(20-18-11)10-3-2-6-21(7-10)15(23)12-4-5-13(16)25-12/h4-5,8,10H,2-3,6-7H2,1H3. The zero-order valence-corrected chi connectivity index (χ0v) is 15.0. The molecule has 25 heavy (non-hydrogen) atoms. The first-order valence-electron chi connectivity index (χ1n) is 7.87. The van der Waals surface area contributed by atoms with Gasteiger partial charge in [0.2, 0.25) is 0 Å². The van der Waals surface area contributed by atoms with E-state index in [-0.39, 0.29) is 11.9 Å². The molecule has 130 valence electrons. The Morgan fingerprint density at radius 3 is 3.04 bits per heavy atom. The van der Waals surface area contributed by atoms with E-state index in [0.717, 1.165) is 19.4 Å². The lowest BCUT2D eigenvalue weighted by molar-refractivity contribution is 0.0677. The molecule has 3 aromatic rings. The Balaban J connectivity index is 1.50. The van der Waals surface area contributed by atoms with Crippen LogP contribution in [0.15, 0.2) is 22.9 Å². The highest BCUT2D eigenvalue weighted by molar-refractivity contribution is 7.17. The third-order valence-corrected chi connectivity index (χ3v) is 5.32. The molecule has 4 heterocycles. The van der Waals surface area contributed by atoms with E-state index in [1.54, 1.807) is 29.9 Å². The second-order valence-electron chi connectivity index (χ2n) is 5.88. The van der Waals surface area contributed by atoms with E-state index in [1.807, 2.05) is 4.90 Å². The number of aryl methyl sites for hydroxylation is 1. The number of piperidine rings is 1. The Morgan fingerprint density at radius 2 is 2.32 bits per heavy atom. The van der Waals surface area contributed by atoms with Gasteiger partial charge < -0.3 is 9.42 Å². The minimum atomic E-state index is 0.00876. The molecule has 0 saturated carbocycles. The average molecular weight is 379 g/mol. The predicted molar refractivity (Wildman–Crippen MR) is 91.6 cm³/mol. The van der Waals surface area contributed by atoms with E-state index in [1.165, 1.54) is 11.3 Å². The molecule has 1 amide bonds. The fraction of sp³-hybridized carbons (Fsp3) is 0.400. The summed E-state index contributed by atoms with van der Waals surface area (Å²) in [7, 11) is 0. The maximum Gasteiger partial charge on any atom is 0.280 e. The SMILES string of the molecule is Cc1noc(-c2cn(C3CCCN(C(=O)c4ccc(Cl)s4)C3)nn2)n1. The van der Waals surface area contributed by atoms with Gasteiger partial charge in [-0.3, -0.25) is 4.79 Å². The number of hydrogen-bond acceptors (Lipinski definition) is 7. The number of amides is 1. The first kappa shape index (κ1) is 16.2. The predicted octanol–water partition coefficient (Wildman–Crippen LogP) is 2.83. The topological polar surface area (TPSA) is 89.9 Å². The number of thiophene rings is 1. The molecular weight excluding hydrogens is 364 g/mol. The molecule has 4 rings (SSSR count). The fourth-order valence-electron chi connectivity index (χ4n) is 2.89. The first-order valence-corrected chi connectivity index (χ1v) is 9.07. The van der Waals surface area contributed by atoms with Crippen molar-refractivity contribution in [2.75, 3.05) is 13.1 Å². The molecule has 0 aliphatic carbocycles. The van der Waals surface area contributed by atoms with Crippen LogP contribution in [0.4, 0.5) is 0 Å². The number of carbonyl (C=O) groups is 1. The molecule has 0 bridgehead atoms. The van der Waals surface area contributed by atoms with Gasteiger partial charge in [-0.15, -0.1) is 16.4 Å². The summed E-state index contributed by atoms with van der Waals surface area (Å²) in [6, 6.07) is 3.58. The van der Waals surface area contributed by atoms with Crippen molar-refractivity contribution in [3.8, 4) is 11.6 Å². The van der Waals surface area contributed by atoms with E-state index in [9.17, 15) is 4.79 Å². The lowest BCUT2D eigenvalue weighted by Gasteiger charge is -2.32. The second kappa shape index (κ2) is 6.57. The van der Waals surface area contributed by atoms with Gasteiger partial charge in [-0.05, 0) is 31.9 Å². The molecular formula is C15H15ClN6O2S. The molecule has 8 nitrogen and oxygen atoms in total. The second-order valence-corrected chi connectivity index (χ2v) is 7.60. The highest BCUT2D eigenvalue weighted by atomic mass is 35.5. The quantitative estimate of drug-likeness (QED) is 0.696. The van der Waals surface area contributed by atoms with Crippen molar-refractivity contribution in [3.05, 3.63) is 33.4 Å². The van der Waals surface area contributed by atoms with Crippen LogP contribution in [0.3, 0.4) is 0 Å². The van der Waals surface area contributed by atoms with Crippen molar-refractivity contribution in [2.45, 2.75) is 25.8 Å². The average Bonchev–Trinajstić information content (AvgIpc) is 3.34. The summed E-state index contributed by atoms with van der Waals surface area (Å²) in [5, 5.41) is 12.0. The van der Waals surface area contributed by atoms with Crippen LogP contribution in [-0.4, -0.2) is 49.0 Å². The smallest absolute Gasteiger partial charge is 0.280 e. The summed E-state index contributed by atoms with van der Waals surface area (Å²) in [5.41, 5.74) is 0.536. The molecule has 0 aromatic carbocycles. The van der Waals surface area contributed by atoms with E-state index < -0.39 is 0 Å². The Kier molecular flexibility index (Phi) is 4.26. The van der Waals surface area contributed by atoms with Gasteiger partial charge in [0.15, 0.2) is 11.5 Å². The number of rotatable bonds is 3.